The Bertz CT molecular complexity index is 1460. The molecule has 11 heteroatoms. The number of amides is 3. The van der Waals surface area contributed by atoms with Crippen LogP contribution in [-0.2, 0) is 9.59 Å². The minimum Gasteiger partial charge on any atom is -0.321 e. The molecule has 0 radical (unpaired) electrons. The number of nitrogens with one attached hydrogen (secondary N) is 3. The van der Waals surface area contributed by atoms with Gasteiger partial charge < -0.3 is 10.6 Å². The van der Waals surface area contributed by atoms with Gasteiger partial charge in [0.2, 0.25) is 11.0 Å². The van der Waals surface area contributed by atoms with Crippen molar-refractivity contribution in [3.63, 3.8) is 0 Å². The summed E-state index contributed by atoms with van der Waals surface area (Å²) in [5.41, 5.74) is 1.83. The van der Waals surface area contributed by atoms with Crippen LogP contribution in [0.25, 0.3) is 6.08 Å². The van der Waals surface area contributed by atoms with E-state index in [4.69, 9.17) is 0 Å². The summed E-state index contributed by atoms with van der Waals surface area (Å²) in [6.07, 6.45) is 1.62. The van der Waals surface area contributed by atoms with Crippen molar-refractivity contribution in [3.05, 3.63) is 105 Å². The van der Waals surface area contributed by atoms with Crippen LogP contribution in [0.1, 0.15) is 20.9 Å². The monoisotopic (exact) mass is 607 g/mol. The van der Waals surface area contributed by atoms with Gasteiger partial charge in [0.1, 0.15) is 10.7 Å². The Labute approximate surface area is 236 Å². The van der Waals surface area contributed by atoms with E-state index in [2.05, 4.69) is 42.1 Å². The number of aromatic nitrogens is 2. The molecule has 4 rings (SSSR count). The summed E-state index contributed by atoms with van der Waals surface area (Å²) in [5, 5.41) is 17.3. The summed E-state index contributed by atoms with van der Waals surface area (Å²) >= 11 is 6.07. The van der Waals surface area contributed by atoms with Gasteiger partial charge >= 0.3 is 0 Å². The molecule has 8 nitrogen and oxygen atoms in total. The van der Waals surface area contributed by atoms with E-state index in [9.17, 15) is 14.4 Å². The Balaban J connectivity index is 1.40. The molecule has 4 aromatic rings. The lowest BCUT2D eigenvalue weighted by atomic mass is 10.1. The van der Waals surface area contributed by atoms with Crippen molar-refractivity contribution < 1.29 is 14.4 Å². The fraction of sp³-hybridized carbons (Fsp3) is 0.0741. The number of aryl methyl sites for hydroxylation is 1. The first-order valence-electron chi connectivity index (χ1n) is 11.3. The van der Waals surface area contributed by atoms with Gasteiger partial charge in [0.05, 0.1) is 5.75 Å². The zero-order valence-corrected chi connectivity index (χ0v) is 23.3. The molecule has 0 aliphatic rings. The van der Waals surface area contributed by atoms with Gasteiger partial charge in [-0.05, 0) is 67.1 Å². The number of halogens is 1. The number of carbonyl (C=O) groups is 3. The van der Waals surface area contributed by atoms with Crippen molar-refractivity contribution >= 4 is 73.6 Å². The molecule has 1 aromatic heterocycles. The standard InChI is InChI=1S/C27H22BrN5O3S2/c1-17-32-33-27(38-17)31-24(34)16-37-22-13-11-21(12-14-22)29-26(36)23(15-18-7-9-20(28)10-8-18)30-25(35)19-5-3-2-4-6-19/h2-15H,16H2,1H3,(H,29,36)(H,30,35)(H,31,33,34)/b23-15-. The SMILES string of the molecule is Cc1nnc(NC(=O)CSc2ccc(NC(=O)/C(=C/c3ccc(Br)cc3)NC(=O)c3ccccc3)cc2)s1. The maximum atomic E-state index is 13.2. The van der Waals surface area contributed by atoms with Gasteiger partial charge in [0, 0.05) is 20.6 Å². The summed E-state index contributed by atoms with van der Waals surface area (Å²) in [7, 11) is 0. The molecule has 0 unspecified atom stereocenters. The van der Waals surface area contributed by atoms with Crippen molar-refractivity contribution in [1.29, 1.82) is 0 Å². The summed E-state index contributed by atoms with van der Waals surface area (Å²) in [6.45, 7) is 1.82. The predicted octanol–water partition coefficient (Wildman–Crippen LogP) is 5.75. The number of thioether (sulfide) groups is 1. The Morgan fingerprint density at radius 3 is 2.29 bits per heavy atom. The molecule has 3 aromatic carbocycles. The van der Waals surface area contributed by atoms with Crippen molar-refractivity contribution in [2.45, 2.75) is 11.8 Å². The first-order chi connectivity index (χ1) is 18.4. The molecule has 3 amide bonds. The molecule has 0 saturated carbocycles. The van der Waals surface area contributed by atoms with Crippen molar-refractivity contribution in [2.75, 3.05) is 16.4 Å². The number of carbonyl (C=O) groups excluding carboxylic acids is 3. The fourth-order valence-electron chi connectivity index (χ4n) is 3.15. The topological polar surface area (TPSA) is 113 Å². The second kappa shape index (κ2) is 13.1. The van der Waals surface area contributed by atoms with Gasteiger partial charge in [0.25, 0.3) is 11.8 Å². The summed E-state index contributed by atoms with van der Waals surface area (Å²) in [4.78, 5) is 38.9. The highest BCUT2D eigenvalue weighted by atomic mass is 79.9. The molecule has 0 saturated heterocycles. The van der Waals surface area contributed by atoms with E-state index in [1.807, 2.05) is 49.4 Å². The molecule has 0 aliphatic carbocycles. The maximum absolute atomic E-state index is 13.2. The summed E-state index contributed by atoms with van der Waals surface area (Å²) in [5.74, 6) is -0.835. The van der Waals surface area contributed by atoms with E-state index < -0.39 is 11.8 Å². The van der Waals surface area contributed by atoms with Crippen molar-refractivity contribution in [3.8, 4) is 0 Å². The average molecular weight is 609 g/mol. The highest BCUT2D eigenvalue weighted by Crippen LogP contribution is 2.22. The molecule has 192 valence electrons. The molecule has 0 atom stereocenters. The first kappa shape index (κ1) is 27.2. The normalized spacial score (nSPS) is 11.1. The molecular formula is C27H22BrN5O3S2. The van der Waals surface area contributed by atoms with Crippen LogP contribution in [0.4, 0.5) is 10.8 Å². The Morgan fingerprint density at radius 1 is 0.921 bits per heavy atom. The number of nitrogens with zero attached hydrogens (tertiary/aromatic N) is 2. The summed E-state index contributed by atoms with van der Waals surface area (Å²) in [6, 6.07) is 23.2. The smallest absolute Gasteiger partial charge is 0.272 e. The molecular weight excluding hydrogens is 586 g/mol. The molecule has 0 bridgehead atoms. The van der Waals surface area contributed by atoms with Gasteiger partial charge in [-0.25, -0.2) is 0 Å². The number of benzene rings is 3. The van der Waals surface area contributed by atoms with Gasteiger partial charge in [-0.1, -0.05) is 57.6 Å². The summed E-state index contributed by atoms with van der Waals surface area (Å²) < 4.78 is 0.903. The molecule has 38 heavy (non-hydrogen) atoms. The van der Waals surface area contributed by atoms with Crippen LogP contribution in [0.5, 0.6) is 0 Å². The number of hydrogen-bond acceptors (Lipinski definition) is 7. The van der Waals surface area contributed by atoms with Crippen molar-refractivity contribution in [1.82, 2.24) is 15.5 Å². The van der Waals surface area contributed by atoms with Crippen molar-refractivity contribution in [2.24, 2.45) is 0 Å². The Hall–Kier alpha value is -3.80. The minimum atomic E-state index is -0.468. The highest BCUT2D eigenvalue weighted by Gasteiger charge is 2.15. The van der Waals surface area contributed by atoms with Crippen LogP contribution < -0.4 is 16.0 Å². The van der Waals surface area contributed by atoms with E-state index in [0.29, 0.717) is 16.4 Å². The number of anilines is 2. The van der Waals surface area contributed by atoms with Crippen LogP contribution >= 0.6 is 39.0 Å². The number of rotatable bonds is 9. The predicted molar refractivity (Wildman–Crippen MR) is 155 cm³/mol. The van der Waals surface area contributed by atoms with Gasteiger partial charge in [-0.15, -0.1) is 22.0 Å². The number of hydrogen-bond donors (Lipinski definition) is 3. The molecule has 0 spiro atoms. The Kier molecular flexibility index (Phi) is 9.41. The van der Waals surface area contributed by atoms with Gasteiger partial charge in [-0.2, -0.15) is 0 Å². The minimum absolute atomic E-state index is 0.100. The zero-order valence-electron chi connectivity index (χ0n) is 20.1. The quantitative estimate of drug-likeness (QED) is 0.165. The van der Waals surface area contributed by atoms with E-state index in [0.717, 1.165) is 19.9 Å². The Morgan fingerprint density at radius 2 is 1.63 bits per heavy atom. The zero-order chi connectivity index (χ0) is 26.9. The lowest BCUT2D eigenvalue weighted by Gasteiger charge is -2.12. The van der Waals surface area contributed by atoms with E-state index in [1.54, 1.807) is 42.5 Å². The lowest BCUT2D eigenvalue weighted by Crippen LogP contribution is -2.30. The van der Waals surface area contributed by atoms with Gasteiger partial charge in [0.15, 0.2) is 0 Å². The van der Waals surface area contributed by atoms with E-state index in [1.165, 1.54) is 23.1 Å². The molecule has 0 aliphatic heterocycles. The van der Waals surface area contributed by atoms with Crippen LogP contribution in [0.2, 0.25) is 0 Å². The van der Waals surface area contributed by atoms with Crippen LogP contribution in [0.3, 0.4) is 0 Å². The largest absolute Gasteiger partial charge is 0.321 e. The maximum Gasteiger partial charge on any atom is 0.272 e. The molecule has 0 fully saturated rings. The highest BCUT2D eigenvalue weighted by molar-refractivity contribution is 9.10. The van der Waals surface area contributed by atoms with Crippen LogP contribution in [0, 0.1) is 6.92 Å². The second-order valence-corrected chi connectivity index (χ2v) is 11.0. The third kappa shape index (κ3) is 8.10. The average Bonchev–Trinajstić information content (AvgIpc) is 3.33. The van der Waals surface area contributed by atoms with Crippen LogP contribution in [-0.4, -0.2) is 33.7 Å². The lowest BCUT2D eigenvalue weighted by molar-refractivity contribution is -0.114. The first-order valence-corrected chi connectivity index (χ1v) is 13.9. The second-order valence-electron chi connectivity index (χ2n) is 7.87. The molecule has 1 heterocycles. The third-order valence-electron chi connectivity index (χ3n) is 4.96. The molecule has 3 N–H and O–H groups in total. The van der Waals surface area contributed by atoms with Gasteiger partial charge in [-0.3, -0.25) is 19.7 Å². The fourth-order valence-corrected chi connectivity index (χ4v) is 4.72. The van der Waals surface area contributed by atoms with E-state index in [-0.39, 0.29) is 17.4 Å². The third-order valence-corrected chi connectivity index (χ3v) is 7.26. The van der Waals surface area contributed by atoms with Crippen LogP contribution in [0.15, 0.2) is 93.9 Å². The van der Waals surface area contributed by atoms with E-state index >= 15 is 0 Å².